The van der Waals surface area contributed by atoms with E-state index in [1.54, 1.807) is 0 Å². The standard InChI is InChI=1S/C22H29NO2/c1-23-22(14-6-11-20-13-7-15-24-20)19-10-5-12-21(16-19)25-17-18-8-3-2-4-9-18/h2-5,8-10,12,16,20,22-23H,6-7,11,13-15,17H2,1H3. The van der Waals surface area contributed by atoms with E-state index in [0.29, 0.717) is 18.8 Å². The van der Waals surface area contributed by atoms with Gasteiger partial charge in [-0.05, 0) is 62.4 Å². The first-order chi connectivity index (χ1) is 12.3. The average Bonchev–Trinajstić information content (AvgIpc) is 3.18. The Kier molecular flexibility index (Phi) is 6.89. The van der Waals surface area contributed by atoms with Crippen molar-refractivity contribution in [1.29, 1.82) is 0 Å². The molecule has 2 aromatic rings. The molecule has 0 amide bonds. The molecule has 0 aliphatic carbocycles. The number of ether oxygens (including phenoxy) is 2. The Morgan fingerprint density at radius 1 is 1.16 bits per heavy atom. The van der Waals surface area contributed by atoms with Crippen LogP contribution in [0.1, 0.15) is 49.3 Å². The summed E-state index contributed by atoms with van der Waals surface area (Å²) in [5.74, 6) is 0.931. The van der Waals surface area contributed by atoms with Crippen LogP contribution in [-0.4, -0.2) is 19.8 Å². The Labute approximate surface area is 151 Å². The summed E-state index contributed by atoms with van der Waals surface area (Å²) in [6, 6.07) is 19.1. The van der Waals surface area contributed by atoms with Crippen molar-refractivity contribution in [2.24, 2.45) is 0 Å². The van der Waals surface area contributed by atoms with Crippen LogP contribution in [0, 0.1) is 0 Å². The zero-order valence-corrected chi connectivity index (χ0v) is 15.1. The molecule has 3 nitrogen and oxygen atoms in total. The third-order valence-corrected chi connectivity index (χ3v) is 4.90. The van der Waals surface area contributed by atoms with Crippen LogP contribution in [0.5, 0.6) is 5.75 Å². The molecular formula is C22H29NO2. The minimum absolute atomic E-state index is 0.363. The van der Waals surface area contributed by atoms with Crippen molar-refractivity contribution in [3.8, 4) is 5.75 Å². The summed E-state index contributed by atoms with van der Waals surface area (Å²) >= 11 is 0. The Hall–Kier alpha value is -1.84. The van der Waals surface area contributed by atoms with Gasteiger partial charge in [-0.1, -0.05) is 42.5 Å². The van der Waals surface area contributed by atoms with Crippen LogP contribution in [0.3, 0.4) is 0 Å². The van der Waals surface area contributed by atoms with Gasteiger partial charge in [0.25, 0.3) is 0 Å². The summed E-state index contributed by atoms with van der Waals surface area (Å²) in [7, 11) is 2.04. The molecule has 3 rings (SSSR count). The molecule has 0 saturated carbocycles. The van der Waals surface area contributed by atoms with Crippen LogP contribution in [0.4, 0.5) is 0 Å². The van der Waals surface area contributed by atoms with Crippen molar-refractivity contribution in [3.63, 3.8) is 0 Å². The highest BCUT2D eigenvalue weighted by atomic mass is 16.5. The molecule has 2 aromatic carbocycles. The van der Waals surface area contributed by atoms with Gasteiger partial charge < -0.3 is 14.8 Å². The van der Waals surface area contributed by atoms with Gasteiger partial charge in [-0.15, -0.1) is 0 Å². The number of benzene rings is 2. The van der Waals surface area contributed by atoms with Crippen LogP contribution in [0.25, 0.3) is 0 Å². The molecule has 3 heteroatoms. The lowest BCUT2D eigenvalue weighted by atomic mass is 9.99. The van der Waals surface area contributed by atoms with Crippen molar-refractivity contribution >= 4 is 0 Å². The molecule has 2 atom stereocenters. The Morgan fingerprint density at radius 2 is 2.04 bits per heavy atom. The predicted molar refractivity (Wildman–Crippen MR) is 102 cm³/mol. The van der Waals surface area contributed by atoms with E-state index in [4.69, 9.17) is 9.47 Å². The molecule has 1 fully saturated rings. The lowest BCUT2D eigenvalue weighted by molar-refractivity contribution is 0.101. The number of rotatable bonds is 9. The van der Waals surface area contributed by atoms with Crippen LogP contribution >= 0.6 is 0 Å². The first-order valence-corrected chi connectivity index (χ1v) is 9.40. The summed E-state index contributed by atoms with van der Waals surface area (Å²) in [4.78, 5) is 0. The molecule has 1 heterocycles. The topological polar surface area (TPSA) is 30.5 Å². The molecule has 1 aliphatic rings. The van der Waals surface area contributed by atoms with Gasteiger partial charge in [0.15, 0.2) is 0 Å². The van der Waals surface area contributed by atoms with E-state index in [1.165, 1.54) is 36.8 Å². The second kappa shape index (κ2) is 9.59. The van der Waals surface area contributed by atoms with E-state index in [2.05, 4.69) is 35.6 Å². The largest absolute Gasteiger partial charge is 0.489 e. The summed E-state index contributed by atoms with van der Waals surface area (Å²) in [6.45, 7) is 1.55. The first kappa shape index (κ1) is 18.0. The maximum Gasteiger partial charge on any atom is 0.120 e. The number of hydrogen-bond donors (Lipinski definition) is 1. The fourth-order valence-corrected chi connectivity index (χ4v) is 3.46. The van der Waals surface area contributed by atoms with E-state index in [0.717, 1.165) is 18.8 Å². The third-order valence-electron chi connectivity index (χ3n) is 4.90. The van der Waals surface area contributed by atoms with Gasteiger partial charge in [-0.3, -0.25) is 0 Å². The van der Waals surface area contributed by atoms with Gasteiger partial charge in [-0.25, -0.2) is 0 Å². The molecule has 1 N–H and O–H groups in total. The molecule has 2 unspecified atom stereocenters. The number of nitrogens with one attached hydrogen (secondary N) is 1. The van der Waals surface area contributed by atoms with E-state index in [-0.39, 0.29) is 0 Å². The summed E-state index contributed by atoms with van der Waals surface area (Å²) < 4.78 is 11.7. The van der Waals surface area contributed by atoms with Gasteiger partial charge in [0, 0.05) is 12.6 Å². The molecule has 0 aromatic heterocycles. The van der Waals surface area contributed by atoms with Gasteiger partial charge in [0.2, 0.25) is 0 Å². The minimum Gasteiger partial charge on any atom is -0.489 e. The van der Waals surface area contributed by atoms with Crippen LogP contribution in [0.2, 0.25) is 0 Å². The Balaban J connectivity index is 1.52. The van der Waals surface area contributed by atoms with E-state index < -0.39 is 0 Å². The molecular weight excluding hydrogens is 310 g/mol. The molecule has 1 saturated heterocycles. The van der Waals surface area contributed by atoms with Crippen molar-refractivity contribution in [2.75, 3.05) is 13.7 Å². The third kappa shape index (κ3) is 5.58. The SMILES string of the molecule is CNC(CCCC1CCCO1)c1cccc(OCc2ccccc2)c1. The Bertz CT molecular complexity index is 623. The van der Waals surface area contributed by atoms with Crippen LogP contribution < -0.4 is 10.1 Å². The monoisotopic (exact) mass is 339 g/mol. The van der Waals surface area contributed by atoms with Gasteiger partial charge in [-0.2, -0.15) is 0 Å². The molecule has 134 valence electrons. The van der Waals surface area contributed by atoms with Crippen molar-refractivity contribution in [1.82, 2.24) is 5.32 Å². The lowest BCUT2D eigenvalue weighted by Crippen LogP contribution is -2.17. The quantitative estimate of drug-likeness (QED) is 0.706. The fraction of sp³-hybridized carbons (Fsp3) is 0.455. The summed E-state index contributed by atoms with van der Waals surface area (Å²) in [6.07, 6.45) is 6.41. The van der Waals surface area contributed by atoms with Crippen LogP contribution in [-0.2, 0) is 11.3 Å². The second-order valence-electron chi connectivity index (χ2n) is 6.75. The van der Waals surface area contributed by atoms with E-state index in [1.807, 2.05) is 31.3 Å². The zero-order chi connectivity index (χ0) is 17.3. The summed E-state index contributed by atoms with van der Waals surface area (Å²) in [5.41, 5.74) is 2.48. The van der Waals surface area contributed by atoms with Crippen molar-refractivity contribution in [2.45, 2.75) is 50.9 Å². The van der Waals surface area contributed by atoms with Gasteiger partial charge in [0.1, 0.15) is 12.4 Å². The maximum atomic E-state index is 5.97. The second-order valence-corrected chi connectivity index (χ2v) is 6.75. The molecule has 25 heavy (non-hydrogen) atoms. The van der Waals surface area contributed by atoms with Gasteiger partial charge >= 0.3 is 0 Å². The van der Waals surface area contributed by atoms with Crippen molar-refractivity contribution in [3.05, 3.63) is 65.7 Å². The van der Waals surface area contributed by atoms with E-state index in [9.17, 15) is 0 Å². The zero-order valence-electron chi connectivity index (χ0n) is 15.1. The van der Waals surface area contributed by atoms with Crippen molar-refractivity contribution < 1.29 is 9.47 Å². The van der Waals surface area contributed by atoms with E-state index >= 15 is 0 Å². The number of hydrogen-bond acceptors (Lipinski definition) is 3. The fourth-order valence-electron chi connectivity index (χ4n) is 3.46. The Morgan fingerprint density at radius 3 is 2.80 bits per heavy atom. The lowest BCUT2D eigenvalue weighted by Gasteiger charge is -2.18. The summed E-state index contributed by atoms with van der Waals surface area (Å²) in [5, 5.41) is 3.45. The first-order valence-electron chi connectivity index (χ1n) is 9.40. The van der Waals surface area contributed by atoms with Gasteiger partial charge in [0.05, 0.1) is 6.10 Å². The predicted octanol–water partition coefficient (Wildman–Crippen LogP) is 4.88. The molecule has 0 bridgehead atoms. The highest BCUT2D eigenvalue weighted by Crippen LogP contribution is 2.25. The van der Waals surface area contributed by atoms with Crippen LogP contribution in [0.15, 0.2) is 54.6 Å². The molecule has 0 radical (unpaired) electrons. The average molecular weight is 339 g/mol. The molecule has 0 spiro atoms. The highest BCUT2D eigenvalue weighted by Gasteiger charge is 2.16. The minimum atomic E-state index is 0.363. The smallest absolute Gasteiger partial charge is 0.120 e. The maximum absolute atomic E-state index is 5.97. The molecule has 1 aliphatic heterocycles. The normalized spacial score (nSPS) is 18.2. The highest BCUT2D eigenvalue weighted by molar-refractivity contribution is 5.31.